The van der Waals surface area contributed by atoms with Crippen molar-refractivity contribution in [2.75, 3.05) is 30.8 Å². The van der Waals surface area contributed by atoms with Crippen LogP contribution >= 0.6 is 11.8 Å². The summed E-state index contributed by atoms with van der Waals surface area (Å²) in [5, 5.41) is 4.45. The van der Waals surface area contributed by atoms with Gasteiger partial charge in [0, 0.05) is 31.7 Å². The Hall–Kier alpha value is -0.810. The fourth-order valence-corrected chi connectivity index (χ4v) is 2.13. The van der Waals surface area contributed by atoms with Gasteiger partial charge in [-0.15, -0.1) is 11.8 Å². The molecule has 1 atom stereocenters. The van der Waals surface area contributed by atoms with Crippen molar-refractivity contribution in [1.82, 2.24) is 15.3 Å². The second kappa shape index (κ2) is 4.81. The Morgan fingerprint density at radius 2 is 2.40 bits per heavy atom. The molecule has 15 heavy (non-hydrogen) atoms. The van der Waals surface area contributed by atoms with Crippen molar-refractivity contribution in [2.45, 2.75) is 18.0 Å². The Morgan fingerprint density at radius 3 is 3.13 bits per heavy atom. The predicted molar refractivity (Wildman–Crippen MR) is 63.5 cm³/mol. The first-order valence-electron chi connectivity index (χ1n) is 5.14. The Bertz CT molecular complexity index is 331. The van der Waals surface area contributed by atoms with E-state index in [1.165, 1.54) is 0 Å². The molecule has 1 saturated heterocycles. The highest BCUT2D eigenvalue weighted by Crippen LogP contribution is 2.18. The summed E-state index contributed by atoms with van der Waals surface area (Å²) in [6.45, 7) is 5.27. The van der Waals surface area contributed by atoms with Crippen molar-refractivity contribution in [3.63, 3.8) is 0 Å². The van der Waals surface area contributed by atoms with E-state index >= 15 is 0 Å². The van der Waals surface area contributed by atoms with Gasteiger partial charge in [0.25, 0.3) is 0 Å². The topological polar surface area (TPSA) is 41.0 Å². The van der Waals surface area contributed by atoms with Gasteiger partial charge >= 0.3 is 0 Å². The zero-order valence-corrected chi connectivity index (χ0v) is 9.92. The highest BCUT2D eigenvalue weighted by Gasteiger charge is 2.16. The number of nitrogens with zero attached hydrogens (tertiary/aromatic N) is 3. The quantitative estimate of drug-likeness (QED) is 0.599. The van der Waals surface area contributed by atoms with E-state index in [4.69, 9.17) is 0 Å². The molecule has 1 aromatic heterocycles. The Balaban J connectivity index is 2.13. The molecule has 0 radical (unpaired) electrons. The van der Waals surface area contributed by atoms with E-state index in [0.717, 1.165) is 30.5 Å². The number of nitrogens with one attached hydrogen (secondary N) is 1. The molecule has 2 rings (SSSR count). The molecule has 1 fully saturated rings. The first-order valence-corrected chi connectivity index (χ1v) is 6.36. The van der Waals surface area contributed by atoms with Crippen LogP contribution in [-0.2, 0) is 0 Å². The molecule has 0 bridgehead atoms. The largest absolute Gasteiger partial charge is 0.354 e. The van der Waals surface area contributed by atoms with Crippen LogP contribution in [0.3, 0.4) is 0 Å². The summed E-state index contributed by atoms with van der Waals surface area (Å²) >= 11 is 1.65. The van der Waals surface area contributed by atoms with Gasteiger partial charge in [-0.3, -0.25) is 0 Å². The third-order valence-electron chi connectivity index (χ3n) is 2.53. The highest BCUT2D eigenvalue weighted by molar-refractivity contribution is 7.98. The van der Waals surface area contributed by atoms with Crippen LogP contribution in [0.25, 0.3) is 0 Å². The Morgan fingerprint density at radius 1 is 1.53 bits per heavy atom. The van der Waals surface area contributed by atoms with Gasteiger partial charge in [-0.2, -0.15) is 0 Å². The maximum Gasteiger partial charge on any atom is 0.133 e. The maximum atomic E-state index is 4.32. The molecule has 0 spiro atoms. The number of piperazine rings is 1. The Labute approximate surface area is 94.5 Å². The van der Waals surface area contributed by atoms with Crippen LogP contribution in [0.2, 0.25) is 0 Å². The molecule has 0 aromatic carbocycles. The standard InChI is InChI=1S/C10H16N4S/c1-8-6-14(4-3-11-8)9-5-10(15-2)13-7-12-9/h5,7-8,11H,3-4,6H2,1-2H3/t8-/m1/s1. The van der Waals surface area contributed by atoms with E-state index < -0.39 is 0 Å². The SMILES string of the molecule is CSc1cc(N2CCN[C@H](C)C2)ncn1. The van der Waals surface area contributed by atoms with E-state index in [0.29, 0.717) is 6.04 Å². The average molecular weight is 224 g/mol. The smallest absolute Gasteiger partial charge is 0.133 e. The lowest BCUT2D eigenvalue weighted by Crippen LogP contribution is -2.49. The summed E-state index contributed by atoms with van der Waals surface area (Å²) in [6.07, 6.45) is 3.68. The van der Waals surface area contributed by atoms with Gasteiger partial charge < -0.3 is 10.2 Å². The van der Waals surface area contributed by atoms with Crippen molar-refractivity contribution >= 4 is 17.6 Å². The first kappa shape index (κ1) is 10.7. The summed E-state index contributed by atoms with van der Waals surface area (Å²) in [4.78, 5) is 10.8. The zero-order valence-electron chi connectivity index (χ0n) is 9.10. The Kier molecular flexibility index (Phi) is 3.43. The van der Waals surface area contributed by atoms with E-state index in [9.17, 15) is 0 Å². The first-order chi connectivity index (χ1) is 7.29. The molecule has 2 heterocycles. The van der Waals surface area contributed by atoms with E-state index in [-0.39, 0.29) is 0 Å². The lowest BCUT2D eigenvalue weighted by atomic mass is 10.2. The van der Waals surface area contributed by atoms with Gasteiger partial charge in [0.15, 0.2) is 0 Å². The summed E-state index contributed by atoms with van der Waals surface area (Å²) in [7, 11) is 0. The van der Waals surface area contributed by atoms with E-state index in [1.54, 1.807) is 18.1 Å². The van der Waals surface area contributed by atoms with E-state index in [2.05, 4.69) is 33.2 Å². The molecule has 0 aliphatic carbocycles. The number of hydrogen-bond acceptors (Lipinski definition) is 5. The molecule has 0 saturated carbocycles. The van der Waals surface area contributed by atoms with Gasteiger partial charge in [-0.1, -0.05) is 0 Å². The fraction of sp³-hybridized carbons (Fsp3) is 0.600. The van der Waals surface area contributed by atoms with Gasteiger partial charge in [0.05, 0.1) is 0 Å². The summed E-state index contributed by atoms with van der Waals surface area (Å²) < 4.78 is 0. The van der Waals surface area contributed by atoms with Crippen molar-refractivity contribution in [3.05, 3.63) is 12.4 Å². The van der Waals surface area contributed by atoms with Crippen LogP contribution in [0.1, 0.15) is 6.92 Å². The third-order valence-corrected chi connectivity index (χ3v) is 3.17. The summed E-state index contributed by atoms with van der Waals surface area (Å²) in [5.41, 5.74) is 0. The molecule has 1 aromatic rings. The zero-order chi connectivity index (χ0) is 10.7. The molecular weight excluding hydrogens is 208 g/mol. The third kappa shape index (κ3) is 2.60. The van der Waals surface area contributed by atoms with Crippen LogP contribution < -0.4 is 10.2 Å². The summed E-state index contributed by atoms with van der Waals surface area (Å²) in [6, 6.07) is 2.59. The molecule has 5 heteroatoms. The minimum Gasteiger partial charge on any atom is -0.354 e. The minimum atomic E-state index is 0.534. The molecule has 4 nitrogen and oxygen atoms in total. The maximum absolute atomic E-state index is 4.32. The van der Waals surface area contributed by atoms with Crippen LogP contribution in [0, 0.1) is 0 Å². The summed E-state index contributed by atoms with van der Waals surface area (Å²) in [5.74, 6) is 1.04. The van der Waals surface area contributed by atoms with Crippen LogP contribution in [0.5, 0.6) is 0 Å². The fourth-order valence-electron chi connectivity index (χ4n) is 1.75. The molecular formula is C10H16N4S. The van der Waals surface area contributed by atoms with Crippen molar-refractivity contribution in [1.29, 1.82) is 0 Å². The molecule has 1 N–H and O–H groups in total. The lowest BCUT2D eigenvalue weighted by molar-refractivity contribution is 0.482. The molecule has 1 aliphatic rings. The number of rotatable bonds is 2. The van der Waals surface area contributed by atoms with Crippen LogP contribution in [0.4, 0.5) is 5.82 Å². The van der Waals surface area contributed by atoms with Gasteiger partial charge in [0.1, 0.15) is 17.2 Å². The lowest BCUT2D eigenvalue weighted by Gasteiger charge is -2.32. The normalized spacial score (nSPS) is 21.7. The molecule has 1 aliphatic heterocycles. The van der Waals surface area contributed by atoms with Crippen LogP contribution in [0.15, 0.2) is 17.4 Å². The predicted octanol–water partition coefficient (Wildman–Crippen LogP) is 0.997. The van der Waals surface area contributed by atoms with Crippen molar-refractivity contribution < 1.29 is 0 Å². The number of hydrogen-bond donors (Lipinski definition) is 1. The second-order valence-electron chi connectivity index (χ2n) is 3.72. The van der Waals surface area contributed by atoms with Gasteiger partial charge in [0.2, 0.25) is 0 Å². The van der Waals surface area contributed by atoms with Crippen LogP contribution in [-0.4, -0.2) is 41.9 Å². The monoisotopic (exact) mass is 224 g/mol. The highest BCUT2D eigenvalue weighted by atomic mass is 32.2. The van der Waals surface area contributed by atoms with Crippen molar-refractivity contribution in [2.24, 2.45) is 0 Å². The van der Waals surface area contributed by atoms with Crippen molar-refractivity contribution in [3.8, 4) is 0 Å². The molecule has 0 amide bonds. The number of anilines is 1. The minimum absolute atomic E-state index is 0.534. The average Bonchev–Trinajstić information content (AvgIpc) is 2.29. The van der Waals surface area contributed by atoms with Gasteiger partial charge in [-0.25, -0.2) is 9.97 Å². The number of thioether (sulfide) groups is 1. The van der Waals surface area contributed by atoms with E-state index in [1.807, 2.05) is 6.26 Å². The molecule has 82 valence electrons. The second-order valence-corrected chi connectivity index (χ2v) is 4.55. The van der Waals surface area contributed by atoms with Gasteiger partial charge in [-0.05, 0) is 13.2 Å². The number of aromatic nitrogens is 2. The molecule has 0 unspecified atom stereocenters.